The van der Waals surface area contributed by atoms with Crippen LogP contribution in [0.25, 0.3) is 0 Å². The lowest BCUT2D eigenvalue weighted by Crippen LogP contribution is -2.35. The number of amides is 2. The summed E-state index contributed by atoms with van der Waals surface area (Å²) < 4.78 is 46.8. The van der Waals surface area contributed by atoms with Gasteiger partial charge in [0.1, 0.15) is 17.9 Å². The van der Waals surface area contributed by atoms with Crippen molar-refractivity contribution in [3.63, 3.8) is 0 Å². The van der Waals surface area contributed by atoms with Crippen LogP contribution in [0.4, 0.5) is 18.9 Å². The van der Waals surface area contributed by atoms with Gasteiger partial charge in [0.25, 0.3) is 5.91 Å². The van der Waals surface area contributed by atoms with Gasteiger partial charge in [0.15, 0.2) is 16.7 Å². The molecule has 0 aliphatic heterocycles. The molecular formula is C28H20F3N5O4S. The molecule has 41 heavy (non-hydrogen) atoms. The van der Waals surface area contributed by atoms with Gasteiger partial charge in [-0.1, -0.05) is 24.3 Å². The first-order valence-electron chi connectivity index (χ1n) is 11.8. The van der Waals surface area contributed by atoms with Crippen LogP contribution in [0, 0.1) is 17.5 Å². The Morgan fingerprint density at radius 1 is 0.951 bits per heavy atom. The van der Waals surface area contributed by atoms with E-state index in [1.54, 1.807) is 0 Å². The van der Waals surface area contributed by atoms with Gasteiger partial charge >= 0.3 is 0 Å². The van der Waals surface area contributed by atoms with Gasteiger partial charge in [-0.25, -0.2) is 18.2 Å². The minimum atomic E-state index is -1.02. The largest absolute Gasteiger partial charge is 0.436 e. The number of hydrogen-bond donors (Lipinski definition) is 3. The predicted molar refractivity (Wildman–Crippen MR) is 146 cm³/mol. The van der Waals surface area contributed by atoms with Crippen molar-refractivity contribution < 1.29 is 32.3 Å². The number of nitrogens with zero attached hydrogens (tertiary/aromatic N) is 2. The molecule has 1 unspecified atom stereocenters. The van der Waals surface area contributed by atoms with Crippen molar-refractivity contribution in [2.45, 2.75) is 12.3 Å². The third-order valence-electron chi connectivity index (χ3n) is 5.56. The van der Waals surface area contributed by atoms with E-state index in [0.29, 0.717) is 17.4 Å². The second kappa shape index (κ2) is 12.8. The molecule has 4 N–H and O–H groups in total. The number of thiocarbonyl (C=S) groups is 1. The van der Waals surface area contributed by atoms with E-state index >= 15 is 0 Å². The summed E-state index contributed by atoms with van der Waals surface area (Å²) in [5.74, 6) is -5.35. The molecule has 0 aliphatic carbocycles. The predicted octanol–water partition coefficient (Wildman–Crippen LogP) is 4.17. The molecule has 2 amide bonds. The maximum Gasteiger partial charge on any atom is 0.286 e. The van der Waals surface area contributed by atoms with Crippen molar-refractivity contribution in [3.05, 3.63) is 113 Å². The first-order chi connectivity index (χ1) is 19.6. The molecule has 4 aromatic rings. The average Bonchev–Trinajstić information content (AvgIpc) is 2.93. The topological polar surface area (TPSA) is 136 Å². The highest BCUT2D eigenvalue weighted by Gasteiger charge is 2.21. The number of aldehydes is 1. The smallest absolute Gasteiger partial charge is 0.286 e. The standard InChI is InChI=1S/C28H20F3N5O4S/c29-17-5-1-15(2-6-17)11-24(38)35-28(41)33-19-9-10-23(21(31)12-19)40-25-13-22(34-27(36-25)26(32)39)20(14-37)16-3-7-18(30)8-4-16/h1-10,12-14,20H,11H2,(H2,32,39)(H2,33,35,38,41). The molecule has 13 heteroatoms. The van der Waals surface area contributed by atoms with Crippen LogP contribution in [0.1, 0.15) is 33.4 Å². The molecule has 208 valence electrons. The van der Waals surface area contributed by atoms with Crippen LogP contribution in [0.15, 0.2) is 72.8 Å². The molecule has 0 spiro atoms. The maximum atomic E-state index is 14.9. The van der Waals surface area contributed by atoms with E-state index in [-0.39, 0.29) is 34.5 Å². The number of hydrogen-bond acceptors (Lipinski definition) is 7. The second-order valence-electron chi connectivity index (χ2n) is 8.54. The molecule has 3 aromatic carbocycles. The van der Waals surface area contributed by atoms with Crippen molar-refractivity contribution in [2.75, 3.05) is 5.32 Å². The molecule has 1 atom stereocenters. The van der Waals surface area contributed by atoms with Gasteiger partial charge in [-0.15, -0.1) is 0 Å². The van der Waals surface area contributed by atoms with Gasteiger partial charge in [-0.05, 0) is 59.7 Å². The number of benzene rings is 3. The number of anilines is 1. The summed E-state index contributed by atoms with van der Waals surface area (Å²) >= 11 is 5.10. The zero-order valence-corrected chi connectivity index (χ0v) is 21.8. The Labute approximate surface area is 236 Å². The molecule has 0 radical (unpaired) electrons. The van der Waals surface area contributed by atoms with Gasteiger partial charge in [-0.3, -0.25) is 9.59 Å². The number of carbonyl (C=O) groups excluding carboxylic acids is 3. The van der Waals surface area contributed by atoms with E-state index in [1.165, 1.54) is 54.6 Å². The molecule has 0 saturated heterocycles. The minimum absolute atomic E-state index is 0.0193. The molecule has 1 aromatic heterocycles. The molecule has 0 bridgehead atoms. The van der Waals surface area contributed by atoms with E-state index in [2.05, 4.69) is 20.6 Å². The van der Waals surface area contributed by atoms with Crippen LogP contribution in [-0.2, 0) is 16.0 Å². The Bertz CT molecular complexity index is 1620. The van der Waals surface area contributed by atoms with Crippen molar-refractivity contribution >= 4 is 41.1 Å². The number of primary amides is 1. The first kappa shape index (κ1) is 28.8. The summed E-state index contributed by atoms with van der Waals surface area (Å²) in [5, 5.41) is 5.01. The molecule has 0 aliphatic rings. The van der Waals surface area contributed by atoms with Gasteiger partial charge in [0.05, 0.1) is 18.0 Å². The number of halogens is 3. The van der Waals surface area contributed by atoms with Crippen LogP contribution < -0.4 is 21.1 Å². The zero-order chi connectivity index (χ0) is 29.5. The molecule has 4 rings (SSSR count). The minimum Gasteiger partial charge on any atom is -0.436 e. The van der Waals surface area contributed by atoms with Crippen molar-refractivity contribution in [3.8, 4) is 11.6 Å². The number of nitrogens with one attached hydrogen (secondary N) is 2. The Morgan fingerprint density at radius 3 is 2.22 bits per heavy atom. The second-order valence-corrected chi connectivity index (χ2v) is 8.95. The Hall–Kier alpha value is -5.17. The summed E-state index contributed by atoms with van der Waals surface area (Å²) in [6.45, 7) is 0. The lowest BCUT2D eigenvalue weighted by Gasteiger charge is -2.14. The summed E-state index contributed by atoms with van der Waals surface area (Å²) in [5.41, 5.74) is 6.48. The summed E-state index contributed by atoms with van der Waals surface area (Å²) in [6, 6.07) is 15.4. The fourth-order valence-corrected chi connectivity index (χ4v) is 3.88. The summed E-state index contributed by atoms with van der Waals surface area (Å²) in [4.78, 5) is 43.8. The average molecular weight is 580 g/mol. The maximum absolute atomic E-state index is 14.9. The normalized spacial score (nSPS) is 11.3. The third-order valence-corrected chi connectivity index (χ3v) is 5.77. The molecule has 0 fully saturated rings. The third kappa shape index (κ3) is 7.70. The van der Waals surface area contributed by atoms with E-state index in [1.807, 2.05) is 0 Å². The first-order valence-corrected chi connectivity index (χ1v) is 12.2. The Kier molecular flexibility index (Phi) is 8.99. The lowest BCUT2D eigenvalue weighted by atomic mass is 9.97. The quantitative estimate of drug-likeness (QED) is 0.199. The summed E-state index contributed by atoms with van der Waals surface area (Å²) in [6.07, 6.45) is 0.482. The Balaban J connectivity index is 1.47. The van der Waals surface area contributed by atoms with E-state index in [9.17, 15) is 27.6 Å². The molecule has 0 saturated carbocycles. The summed E-state index contributed by atoms with van der Waals surface area (Å²) in [7, 11) is 0. The van der Waals surface area contributed by atoms with Crippen molar-refractivity contribution in [2.24, 2.45) is 5.73 Å². The van der Waals surface area contributed by atoms with Gasteiger partial charge < -0.3 is 25.9 Å². The van der Waals surface area contributed by atoms with E-state index in [4.69, 9.17) is 22.7 Å². The monoisotopic (exact) mass is 579 g/mol. The van der Waals surface area contributed by atoms with Crippen molar-refractivity contribution in [1.29, 1.82) is 0 Å². The van der Waals surface area contributed by atoms with Gasteiger partial charge in [0.2, 0.25) is 17.6 Å². The van der Waals surface area contributed by atoms with Gasteiger partial charge in [0, 0.05) is 17.8 Å². The molecular weight excluding hydrogens is 559 g/mol. The molecule has 9 nitrogen and oxygen atoms in total. The van der Waals surface area contributed by atoms with Crippen LogP contribution in [0.2, 0.25) is 0 Å². The number of aromatic nitrogens is 2. The highest BCUT2D eigenvalue weighted by molar-refractivity contribution is 7.80. The van der Waals surface area contributed by atoms with Crippen LogP contribution in [0.3, 0.4) is 0 Å². The number of nitrogens with two attached hydrogens (primary N) is 1. The zero-order valence-electron chi connectivity index (χ0n) is 20.9. The van der Waals surface area contributed by atoms with Crippen molar-refractivity contribution in [1.82, 2.24) is 15.3 Å². The highest BCUT2D eigenvalue weighted by atomic mass is 32.1. The van der Waals surface area contributed by atoms with Gasteiger partial charge in [-0.2, -0.15) is 4.98 Å². The van der Waals surface area contributed by atoms with E-state index < -0.39 is 41.0 Å². The Morgan fingerprint density at radius 2 is 1.61 bits per heavy atom. The fourth-order valence-electron chi connectivity index (χ4n) is 3.65. The van der Waals surface area contributed by atoms with Crippen LogP contribution >= 0.6 is 12.2 Å². The highest BCUT2D eigenvalue weighted by Crippen LogP contribution is 2.29. The lowest BCUT2D eigenvalue weighted by molar-refractivity contribution is -0.119. The SMILES string of the molecule is NC(=O)c1nc(Oc2ccc(NC(=S)NC(=O)Cc3ccc(F)cc3)cc2F)cc(C(C=O)c2ccc(F)cc2)n1. The fraction of sp³-hybridized carbons (Fsp3) is 0.0714. The number of ether oxygens (including phenoxy) is 1. The van der Waals surface area contributed by atoms with Crippen LogP contribution in [-0.4, -0.2) is 33.2 Å². The number of carbonyl (C=O) groups is 3. The molecule has 1 heterocycles. The number of rotatable bonds is 9. The van der Waals surface area contributed by atoms with E-state index in [0.717, 1.165) is 18.2 Å². The van der Waals surface area contributed by atoms with Crippen LogP contribution in [0.5, 0.6) is 11.6 Å².